The number of amides is 1. The van der Waals surface area contributed by atoms with Crippen molar-refractivity contribution in [1.29, 1.82) is 0 Å². The van der Waals surface area contributed by atoms with Crippen molar-refractivity contribution in [3.8, 4) is 0 Å². The van der Waals surface area contributed by atoms with Crippen LogP contribution in [-0.4, -0.2) is 17.0 Å². The van der Waals surface area contributed by atoms with Crippen LogP contribution in [0.1, 0.15) is 21.5 Å². The molecule has 1 aromatic heterocycles. The van der Waals surface area contributed by atoms with Gasteiger partial charge in [0, 0.05) is 23.5 Å². The Morgan fingerprint density at radius 2 is 1.77 bits per heavy atom. The molecule has 1 aliphatic rings. The second-order valence-electron chi connectivity index (χ2n) is 6.32. The summed E-state index contributed by atoms with van der Waals surface area (Å²) in [7, 11) is 0. The smallest absolute Gasteiger partial charge is 0.263 e. The standard InChI is InChI=1S/C21H17ClN2O2/c22-17-9-7-15(8-10-17)14-23-12-3-5-18(20(23)25)21(26)24-13-11-16-4-1-2-6-19(16)24/h1-10,12H,11,13-14H2. The molecule has 4 nitrogen and oxygen atoms in total. The van der Waals surface area contributed by atoms with E-state index in [0.717, 1.165) is 23.2 Å². The third kappa shape index (κ3) is 3.04. The van der Waals surface area contributed by atoms with Gasteiger partial charge in [-0.25, -0.2) is 0 Å². The third-order valence-corrected chi connectivity index (χ3v) is 4.90. The van der Waals surface area contributed by atoms with Gasteiger partial charge < -0.3 is 9.47 Å². The number of para-hydroxylation sites is 1. The minimum absolute atomic E-state index is 0.193. The van der Waals surface area contributed by atoms with Crippen molar-refractivity contribution in [2.45, 2.75) is 13.0 Å². The zero-order valence-electron chi connectivity index (χ0n) is 14.1. The van der Waals surface area contributed by atoms with Crippen LogP contribution in [0.2, 0.25) is 5.02 Å². The van der Waals surface area contributed by atoms with Crippen molar-refractivity contribution in [1.82, 2.24) is 4.57 Å². The first-order valence-corrected chi connectivity index (χ1v) is 8.85. The minimum atomic E-state index is -0.281. The Balaban J connectivity index is 1.65. The van der Waals surface area contributed by atoms with Crippen LogP contribution in [0.4, 0.5) is 5.69 Å². The van der Waals surface area contributed by atoms with Crippen LogP contribution >= 0.6 is 11.6 Å². The lowest BCUT2D eigenvalue weighted by atomic mass is 10.1. The fourth-order valence-electron chi connectivity index (χ4n) is 3.31. The molecule has 0 radical (unpaired) electrons. The maximum atomic E-state index is 13.0. The Kier molecular flexibility index (Phi) is 4.35. The number of aromatic nitrogens is 1. The molecule has 1 aliphatic heterocycles. The highest BCUT2D eigenvalue weighted by molar-refractivity contribution is 6.30. The highest BCUT2D eigenvalue weighted by Gasteiger charge is 2.27. The first-order chi connectivity index (χ1) is 12.6. The lowest BCUT2D eigenvalue weighted by Gasteiger charge is -2.17. The van der Waals surface area contributed by atoms with Gasteiger partial charge in [0.15, 0.2) is 0 Å². The summed E-state index contributed by atoms with van der Waals surface area (Å²) in [6, 6.07) is 18.5. The molecule has 0 fully saturated rings. The van der Waals surface area contributed by atoms with Gasteiger partial charge in [-0.3, -0.25) is 9.59 Å². The van der Waals surface area contributed by atoms with Crippen LogP contribution in [-0.2, 0) is 13.0 Å². The van der Waals surface area contributed by atoms with Crippen molar-refractivity contribution in [2.24, 2.45) is 0 Å². The number of benzene rings is 2. The van der Waals surface area contributed by atoms with Gasteiger partial charge in [0.25, 0.3) is 11.5 Å². The van der Waals surface area contributed by atoms with Crippen LogP contribution in [0, 0.1) is 0 Å². The molecular formula is C21H17ClN2O2. The second kappa shape index (κ2) is 6.81. The van der Waals surface area contributed by atoms with Gasteiger partial charge in [0.1, 0.15) is 5.56 Å². The predicted molar refractivity (Wildman–Crippen MR) is 103 cm³/mol. The Bertz CT molecular complexity index is 1020. The Hall–Kier alpha value is -2.85. The summed E-state index contributed by atoms with van der Waals surface area (Å²) >= 11 is 5.91. The molecule has 0 saturated heterocycles. The SMILES string of the molecule is O=C(c1cccn(Cc2ccc(Cl)cc2)c1=O)N1CCc2ccccc21. The van der Waals surface area contributed by atoms with Crippen LogP contribution in [0.5, 0.6) is 0 Å². The maximum Gasteiger partial charge on any atom is 0.263 e. The second-order valence-corrected chi connectivity index (χ2v) is 6.75. The van der Waals surface area contributed by atoms with Crippen LogP contribution in [0.3, 0.4) is 0 Å². The number of nitrogens with zero attached hydrogens (tertiary/aromatic N) is 2. The van der Waals surface area contributed by atoms with E-state index in [-0.39, 0.29) is 17.0 Å². The van der Waals surface area contributed by atoms with E-state index in [1.54, 1.807) is 39.9 Å². The first-order valence-electron chi connectivity index (χ1n) is 8.47. The number of halogens is 1. The molecule has 5 heteroatoms. The van der Waals surface area contributed by atoms with Gasteiger partial charge >= 0.3 is 0 Å². The average molecular weight is 365 g/mol. The van der Waals surface area contributed by atoms with Crippen molar-refractivity contribution in [3.05, 3.63) is 98.9 Å². The maximum absolute atomic E-state index is 13.0. The Morgan fingerprint density at radius 3 is 2.58 bits per heavy atom. The summed E-state index contributed by atoms with van der Waals surface area (Å²) in [6.45, 7) is 0.997. The van der Waals surface area contributed by atoms with Gasteiger partial charge in [0.2, 0.25) is 0 Å². The summed E-state index contributed by atoms with van der Waals surface area (Å²) in [5.74, 6) is -0.245. The molecular weight excluding hydrogens is 348 g/mol. The number of carbonyl (C=O) groups is 1. The van der Waals surface area contributed by atoms with E-state index in [0.29, 0.717) is 18.1 Å². The number of fused-ring (bicyclic) bond motifs is 1. The lowest BCUT2D eigenvalue weighted by molar-refractivity contribution is 0.0987. The summed E-state index contributed by atoms with van der Waals surface area (Å²) in [5.41, 5.74) is 2.89. The minimum Gasteiger partial charge on any atom is -0.310 e. The number of hydrogen-bond acceptors (Lipinski definition) is 2. The average Bonchev–Trinajstić information content (AvgIpc) is 3.09. The third-order valence-electron chi connectivity index (χ3n) is 4.65. The topological polar surface area (TPSA) is 42.3 Å². The number of pyridine rings is 1. The molecule has 0 spiro atoms. The molecule has 0 bridgehead atoms. The normalized spacial score (nSPS) is 12.9. The molecule has 2 heterocycles. The number of hydrogen-bond donors (Lipinski definition) is 0. The van der Waals surface area contributed by atoms with Crippen LogP contribution < -0.4 is 10.5 Å². The molecule has 0 aliphatic carbocycles. The molecule has 0 saturated carbocycles. The summed E-state index contributed by atoms with van der Waals surface area (Å²) < 4.78 is 1.55. The predicted octanol–water partition coefficient (Wildman–Crippen LogP) is 3.75. The van der Waals surface area contributed by atoms with Gasteiger partial charge in [0.05, 0.1) is 6.54 Å². The fraction of sp³-hybridized carbons (Fsp3) is 0.143. The zero-order valence-corrected chi connectivity index (χ0v) is 14.8. The molecule has 1 amide bonds. The monoisotopic (exact) mass is 364 g/mol. The van der Waals surface area contributed by atoms with Crippen LogP contribution in [0.15, 0.2) is 71.7 Å². The van der Waals surface area contributed by atoms with Crippen molar-refractivity contribution in [2.75, 3.05) is 11.4 Å². The molecule has 2 aromatic carbocycles. The zero-order chi connectivity index (χ0) is 18.1. The molecule has 130 valence electrons. The van der Waals surface area contributed by atoms with E-state index < -0.39 is 0 Å². The molecule has 26 heavy (non-hydrogen) atoms. The van der Waals surface area contributed by atoms with E-state index >= 15 is 0 Å². The van der Waals surface area contributed by atoms with E-state index in [1.165, 1.54) is 0 Å². The molecule has 4 rings (SSSR count). The van der Waals surface area contributed by atoms with Crippen molar-refractivity contribution < 1.29 is 4.79 Å². The van der Waals surface area contributed by atoms with E-state index in [4.69, 9.17) is 11.6 Å². The molecule has 0 N–H and O–H groups in total. The Labute approximate surface area is 156 Å². The first kappa shape index (κ1) is 16.6. The quantitative estimate of drug-likeness (QED) is 0.710. The van der Waals surface area contributed by atoms with Gasteiger partial charge in [-0.2, -0.15) is 0 Å². The fourth-order valence-corrected chi connectivity index (χ4v) is 3.43. The van der Waals surface area contributed by atoms with Crippen molar-refractivity contribution >= 4 is 23.2 Å². The van der Waals surface area contributed by atoms with E-state index in [2.05, 4.69) is 0 Å². The van der Waals surface area contributed by atoms with E-state index in [1.807, 2.05) is 36.4 Å². The summed E-state index contributed by atoms with van der Waals surface area (Å²) in [4.78, 5) is 27.5. The Morgan fingerprint density at radius 1 is 1.00 bits per heavy atom. The summed E-state index contributed by atoms with van der Waals surface area (Å²) in [6.07, 6.45) is 2.51. The van der Waals surface area contributed by atoms with Crippen LogP contribution in [0.25, 0.3) is 0 Å². The lowest BCUT2D eigenvalue weighted by Crippen LogP contribution is -2.35. The highest BCUT2D eigenvalue weighted by Crippen LogP contribution is 2.28. The molecule has 0 unspecified atom stereocenters. The van der Waals surface area contributed by atoms with Gasteiger partial charge in [-0.15, -0.1) is 0 Å². The molecule has 3 aromatic rings. The number of rotatable bonds is 3. The summed E-state index contributed by atoms with van der Waals surface area (Å²) in [5, 5.41) is 0.651. The highest BCUT2D eigenvalue weighted by atomic mass is 35.5. The van der Waals surface area contributed by atoms with Crippen molar-refractivity contribution in [3.63, 3.8) is 0 Å². The number of carbonyl (C=O) groups excluding carboxylic acids is 1. The van der Waals surface area contributed by atoms with Gasteiger partial charge in [-0.05, 0) is 47.9 Å². The number of anilines is 1. The van der Waals surface area contributed by atoms with Gasteiger partial charge in [-0.1, -0.05) is 41.9 Å². The largest absolute Gasteiger partial charge is 0.310 e. The molecule has 0 atom stereocenters. The van der Waals surface area contributed by atoms with E-state index in [9.17, 15) is 9.59 Å².